The number of hydrogen-bond acceptors (Lipinski definition) is 0. The van der Waals surface area contributed by atoms with Gasteiger partial charge in [-0.05, 0) is 0 Å². The summed E-state index contributed by atoms with van der Waals surface area (Å²) in [6.07, 6.45) is 13.0. The zero-order valence-electron chi connectivity index (χ0n) is 28.1. The maximum absolute atomic E-state index is 2.67. The van der Waals surface area contributed by atoms with Crippen LogP contribution in [0.1, 0.15) is 133 Å². The standard InChI is InChI=1S/C21H25.C16H21.C3H6.2ClH.Zr/c1-20(2,3)16-7-9-18-14(12-16)11-15-13-17(21(4,5)6)8-10-19(15)18;1-11-3-2-4-15(11)16-8-12-5-13(9-16)7-14(6-12)10-16;1-3-2;;;/h7-13H,1-6H3;3,12-14H,2,5-10H2,1H3;1-2H3;2*1H;/q;;;;;+2/p-2. The average molecular weight is 695 g/mol. The molecule has 0 atom stereocenters. The molecule has 4 fully saturated rings. The van der Waals surface area contributed by atoms with E-state index in [1.807, 2.05) is 8.85 Å². The van der Waals surface area contributed by atoms with Gasteiger partial charge in [-0.25, -0.2) is 0 Å². The van der Waals surface area contributed by atoms with Gasteiger partial charge in [0.2, 0.25) is 0 Å². The molecule has 0 radical (unpaired) electrons. The predicted octanol–water partition coefficient (Wildman–Crippen LogP) is 5.01. The van der Waals surface area contributed by atoms with E-state index in [1.165, 1.54) is 67.2 Å². The third kappa shape index (κ3) is 5.53. The largest absolute Gasteiger partial charge is 1.00 e. The fraction of sp³-hybridized carbons (Fsp3) is 0.575. The number of rotatable bonds is 3. The van der Waals surface area contributed by atoms with Crippen molar-refractivity contribution in [2.75, 3.05) is 0 Å². The Kier molecular flexibility index (Phi) is 8.99. The first-order chi connectivity index (χ1) is 19.2. The van der Waals surface area contributed by atoms with Crippen molar-refractivity contribution >= 4 is 3.21 Å². The number of allylic oxidation sites excluding steroid dienone is 4. The number of hydrogen-bond donors (Lipinski definition) is 0. The molecular formula is C40H52Cl2Zr. The molecule has 2 aromatic carbocycles. The Morgan fingerprint density at radius 1 is 0.721 bits per heavy atom. The Bertz CT molecular complexity index is 1430. The van der Waals surface area contributed by atoms with Gasteiger partial charge in [0.15, 0.2) is 0 Å². The van der Waals surface area contributed by atoms with Gasteiger partial charge >= 0.3 is 260 Å². The number of fused-ring (bicyclic) bond motifs is 3. The van der Waals surface area contributed by atoms with E-state index in [1.54, 1.807) is 19.9 Å². The molecule has 0 heterocycles. The van der Waals surface area contributed by atoms with Crippen molar-refractivity contribution in [1.29, 1.82) is 0 Å². The predicted molar refractivity (Wildman–Crippen MR) is 173 cm³/mol. The van der Waals surface area contributed by atoms with Gasteiger partial charge in [0.25, 0.3) is 0 Å². The van der Waals surface area contributed by atoms with E-state index >= 15 is 0 Å². The van der Waals surface area contributed by atoms with Crippen LogP contribution in [0.2, 0.25) is 0 Å². The Balaban J connectivity index is 0.00000184. The first-order valence-corrected chi connectivity index (χ1v) is 20.5. The summed E-state index contributed by atoms with van der Waals surface area (Å²) in [6.45, 7) is 21.9. The molecular weight excluding hydrogens is 643 g/mol. The zero-order chi connectivity index (χ0) is 29.1. The van der Waals surface area contributed by atoms with Crippen molar-refractivity contribution in [3.05, 3.63) is 79.2 Å². The van der Waals surface area contributed by atoms with E-state index in [4.69, 9.17) is 0 Å². The Morgan fingerprint density at radius 2 is 1.16 bits per heavy atom. The van der Waals surface area contributed by atoms with Gasteiger partial charge in [-0.1, -0.05) is 0 Å². The van der Waals surface area contributed by atoms with Gasteiger partial charge in [-0.3, -0.25) is 0 Å². The summed E-state index contributed by atoms with van der Waals surface area (Å²) in [5, 5.41) is 0. The summed E-state index contributed by atoms with van der Waals surface area (Å²) < 4.78 is 4.37. The molecule has 6 aliphatic rings. The molecule has 6 aliphatic carbocycles. The van der Waals surface area contributed by atoms with Crippen LogP contribution in [0.4, 0.5) is 0 Å². The Labute approximate surface area is 282 Å². The topological polar surface area (TPSA) is 0 Å². The molecule has 0 N–H and O–H groups in total. The molecule has 43 heavy (non-hydrogen) atoms. The number of halogens is 2. The Hall–Kier alpha value is -0.747. The SMILES string of the molecule is CC1=CC[C]([Zr+2](=[C](C)C)[CH]2c3cc(C(C)(C)C)ccc3-c3ccc(C(C)(C)C)cc32)=C1C12CC3CC(CC(C3)C1)C2.[Cl-].[Cl-]. The van der Waals surface area contributed by atoms with E-state index in [0.717, 1.165) is 17.8 Å². The van der Waals surface area contributed by atoms with Crippen LogP contribution in [0.15, 0.2) is 56.9 Å². The van der Waals surface area contributed by atoms with Crippen molar-refractivity contribution in [2.24, 2.45) is 23.2 Å². The van der Waals surface area contributed by atoms with E-state index in [2.05, 4.69) is 105 Å². The summed E-state index contributed by atoms with van der Waals surface area (Å²) in [7, 11) is 0. The van der Waals surface area contributed by atoms with Crippen LogP contribution >= 0.6 is 0 Å². The molecule has 8 rings (SSSR count). The summed E-state index contributed by atoms with van der Waals surface area (Å²) in [5.74, 6) is 3.00. The van der Waals surface area contributed by atoms with Crippen molar-refractivity contribution in [1.82, 2.24) is 0 Å². The molecule has 0 spiro atoms. The van der Waals surface area contributed by atoms with E-state index in [9.17, 15) is 0 Å². The van der Waals surface area contributed by atoms with Crippen LogP contribution in [0.25, 0.3) is 11.1 Å². The normalized spacial score (nSPS) is 27.2. The number of benzene rings is 2. The van der Waals surface area contributed by atoms with Gasteiger partial charge in [0.1, 0.15) is 0 Å². The van der Waals surface area contributed by atoms with Crippen molar-refractivity contribution < 1.29 is 46.1 Å². The third-order valence-corrected chi connectivity index (χ3v) is 20.1. The molecule has 4 bridgehead atoms. The first kappa shape index (κ1) is 33.6. The maximum Gasteiger partial charge on any atom is -1.00 e. The molecule has 3 heteroatoms. The monoisotopic (exact) mass is 692 g/mol. The summed E-state index contributed by atoms with van der Waals surface area (Å²) >= 11 is -2.34. The van der Waals surface area contributed by atoms with E-state index < -0.39 is 21.3 Å². The molecule has 2 aromatic rings. The molecule has 230 valence electrons. The van der Waals surface area contributed by atoms with E-state index in [-0.39, 0.29) is 35.6 Å². The second-order valence-electron chi connectivity index (χ2n) is 17.1. The fourth-order valence-electron chi connectivity index (χ4n) is 10.4. The summed E-state index contributed by atoms with van der Waals surface area (Å²) in [5.41, 5.74) is 13.8. The van der Waals surface area contributed by atoms with E-state index in [0.29, 0.717) is 9.04 Å². The third-order valence-electron chi connectivity index (χ3n) is 11.8. The van der Waals surface area contributed by atoms with Gasteiger partial charge in [-0.2, -0.15) is 0 Å². The molecule has 0 unspecified atom stereocenters. The van der Waals surface area contributed by atoms with Gasteiger partial charge in [0, 0.05) is 0 Å². The second-order valence-corrected chi connectivity index (χ2v) is 24.5. The molecule has 0 nitrogen and oxygen atoms in total. The molecule has 0 aromatic heterocycles. The minimum atomic E-state index is -2.34. The minimum Gasteiger partial charge on any atom is -1.00 e. The summed E-state index contributed by atoms with van der Waals surface area (Å²) in [6, 6.07) is 15.1. The minimum absolute atomic E-state index is 0. The molecule has 4 saturated carbocycles. The van der Waals surface area contributed by atoms with Crippen LogP contribution < -0.4 is 24.8 Å². The van der Waals surface area contributed by atoms with Crippen LogP contribution in [0.5, 0.6) is 0 Å². The van der Waals surface area contributed by atoms with Crippen LogP contribution in [-0.4, -0.2) is 3.21 Å². The fourth-order valence-corrected chi connectivity index (χ4v) is 19.4. The van der Waals surface area contributed by atoms with Crippen molar-refractivity contribution in [3.63, 3.8) is 0 Å². The van der Waals surface area contributed by atoms with Crippen LogP contribution in [0, 0.1) is 23.2 Å². The van der Waals surface area contributed by atoms with Gasteiger partial charge < -0.3 is 24.8 Å². The van der Waals surface area contributed by atoms with Crippen LogP contribution in [-0.2, 0) is 32.1 Å². The zero-order valence-corrected chi connectivity index (χ0v) is 32.0. The molecule has 0 amide bonds. The Morgan fingerprint density at radius 3 is 1.56 bits per heavy atom. The smallest absolute Gasteiger partial charge is 1.00 e. The maximum atomic E-state index is 2.67. The second kappa shape index (κ2) is 11.5. The first-order valence-electron chi connectivity index (χ1n) is 16.6. The van der Waals surface area contributed by atoms with Crippen molar-refractivity contribution in [2.45, 2.75) is 122 Å². The average Bonchev–Trinajstić information content (AvgIpc) is 3.40. The molecule has 0 saturated heterocycles. The van der Waals surface area contributed by atoms with Crippen molar-refractivity contribution in [3.8, 4) is 11.1 Å². The quantitative estimate of drug-likeness (QED) is 0.424. The summed E-state index contributed by atoms with van der Waals surface area (Å²) in [4.78, 5) is 0. The van der Waals surface area contributed by atoms with Gasteiger partial charge in [0.05, 0.1) is 0 Å². The van der Waals surface area contributed by atoms with Crippen LogP contribution in [0.3, 0.4) is 0 Å². The molecule has 0 aliphatic heterocycles. The van der Waals surface area contributed by atoms with Gasteiger partial charge in [-0.15, -0.1) is 0 Å².